The number of aliphatic hydroxyl groups is 1. The highest BCUT2D eigenvalue weighted by atomic mass is 16.5. The van der Waals surface area contributed by atoms with Crippen molar-refractivity contribution >= 4 is 11.6 Å². The first kappa shape index (κ1) is 16.8. The first-order chi connectivity index (χ1) is 12.1. The number of aliphatic hydroxyl groups excluding tert-OH is 1. The Labute approximate surface area is 145 Å². The number of benzene rings is 2. The van der Waals surface area contributed by atoms with Crippen molar-refractivity contribution in [1.29, 1.82) is 0 Å². The number of anilines is 1. The standard InChI is InChI=1S/C20H19NO4/c1-13-3-5-14(6-4-13)20(23)21-15-7-9-17(19(11-15)24-2)18-10-8-16(12-22)25-18/h3-11,22H,12H2,1-2H3,(H,21,23). The molecule has 3 aromatic rings. The molecule has 5 nitrogen and oxygen atoms in total. The largest absolute Gasteiger partial charge is 0.496 e. The maximum atomic E-state index is 12.3. The van der Waals surface area contributed by atoms with Crippen molar-refractivity contribution in [2.24, 2.45) is 0 Å². The quantitative estimate of drug-likeness (QED) is 0.738. The molecule has 128 valence electrons. The number of ether oxygens (including phenoxy) is 1. The van der Waals surface area contributed by atoms with Crippen molar-refractivity contribution in [2.75, 3.05) is 12.4 Å². The lowest BCUT2D eigenvalue weighted by Gasteiger charge is -2.10. The normalized spacial score (nSPS) is 10.5. The zero-order valence-electron chi connectivity index (χ0n) is 14.1. The molecule has 0 saturated carbocycles. The summed E-state index contributed by atoms with van der Waals surface area (Å²) in [5.74, 6) is 1.46. The van der Waals surface area contributed by atoms with Crippen molar-refractivity contribution in [3.8, 4) is 17.1 Å². The molecule has 0 aliphatic heterocycles. The number of amides is 1. The van der Waals surface area contributed by atoms with Gasteiger partial charge in [0.15, 0.2) is 0 Å². The highest BCUT2D eigenvalue weighted by molar-refractivity contribution is 6.04. The average Bonchev–Trinajstić information content (AvgIpc) is 3.11. The van der Waals surface area contributed by atoms with Crippen LogP contribution in [0.25, 0.3) is 11.3 Å². The molecule has 0 aliphatic carbocycles. The zero-order valence-corrected chi connectivity index (χ0v) is 14.1. The minimum Gasteiger partial charge on any atom is -0.496 e. The highest BCUT2D eigenvalue weighted by Gasteiger charge is 2.13. The van der Waals surface area contributed by atoms with Crippen LogP contribution in [0.3, 0.4) is 0 Å². The number of hydrogen-bond acceptors (Lipinski definition) is 4. The van der Waals surface area contributed by atoms with Crippen LogP contribution in [0.5, 0.6) is 5.75 Å². The Hall–Kier alpha value is -3.05. The lowest BCUT2D eigenvalue weighted by molar-refractivity contribution is 0.102. The van der Waals surface area contributed by atoms with Gasteiger partial charge in [-0.25, -0.2) is 0 Å². The molecule has 1 amide bonds. The van der Waals surface area contributed by atoms with Crippen LogP contribution in [0.15, 0.2) is 59.0 Å². The minimum absolute atomic E-state index is 0.160. The molecule has 0 saturated heterocycles. The van der Waals surface area contributed by atoms with Gasteiger partial charge in [-0.2, -0.15) is 0 Å². The van der Waals surface area contributed by atoms with E-state index < -0.39 is 0 Å². The summed E-state index contributed by atoms with van der Waals surface area (Å²) < 4.78 is 11.0. The summed E-state index contributed by atoms with van der Waals surface area (Å²) in [4.78, 5) is 12.3. The van der Waals surface area contributed by atoms with Gasteiger partial charge < -0.3 is 19.6 Å². The summed E-state index contributed by atoms with van der Waals surface area (Å²) >= 11 is 0. The van der Waals surface area contributed by atoms with E-state index in [4.69, 9.17) is 14.3 Å². The smallest absolute Gasteiger partial charge is 0.255 e. The summed E-state index contributed by atoms with van der Waals surface area (Å²) in [7, 11) is 1.56. The molecular formula is C20H19NO4. The van der Waals surface area contributed by atoms with Gasteiger partial charge in [-0.3, -0.25) is 4.79 Å². The Kier molecular flexibility index (Phi) is 4.86. The molecule has 0 radical (unpaired) electrons. The molecule has 0 aliphatic rings. The van der Waals surface area contributed by atoms with Gasteiger partial charge in [0.25, 0.3) is 5.91 Å². The fourth-order valence-corrected chi connectivity index (χ4v) is 2.49. The van der Waals surface area contributed by atoms with Gasteiger partial charge in [0.1, 0.15) is 23.9 Å². The number of carbonyl (C=O) groups excluding carboxylic acids is 1. The first-order valence-corrected chi connectivity index (χ1v) is 7.86. The van der Waals surface area contributed by atoms with Gasteiger partial charge in [0.05, 0.1) is 12.7 Å². The van der Waals surface area contributed by atoms with E-state index in [1.165, 1.54) is 0 Å². The molecule has 2 N–H and O–H groups in total. The average molecular weight is 337 g/mol. The summed E-state index contributed by atoms with van der Waals surface area (Å²) in [6.07, 6.45) is 0. The van der Waals surface area contributed by atoms with Crippen LogP contribution in [0.2, 0.25) is 0 Å². The van der Waals surface area contributed by atoms with Crippen molar-refractivity contribution in [1.82, 2.24) is 0 Å². The number of methoxy groups -OCH3 is 1. The van der Waals surface area contributed by atoms with Crippen molar-refractivity contribution in [3.05, 3.63) is 71.5 Å². The number of carbonyl (C=O) groups is 1. The summed E-state index contributed by atoms with van der Waals surface area (Å²) in [5.41, 5.74) is 3.06. The van der Waals surface area contributed by atoms with Crippen molar-refractivity contribution in [3.63, 3.8) is 0 Å². The Morgan fingerprint density at radius 2 is 1.88 bits per heavy atom. The minimum atomic E-state index is -0.185. The van der Waals surface area contributed by atoms with Crippen molar-refractivity contribution in [2.45, 2.75) is 13.5 Å². The van der Waals surface area contributed by atoms with Gasteiger partial charge in [-0.15, -0.1) is 0 Å². The van der Waals surface area contributed by atoms with E-state index >= 15 is 0 Å². The van der Waals surface area contributed by atoms with Crippen LogP contribution in [0.1, 0.15) is 21.7 Å². The van der Waals surface area contributed by atoms with E-state index in [-0.39, 0.29) is 12.5 Å². The van der Waals surface area contributed by atoms with Crippen LogP contribution < -0.4 is 10.1 Å². The number of furan rings is 1. The molecule has 1 aromatic heterocycles. The number of hydrogen-bond donors (Lipinski definition) is 2. The van der Waals surface area contributed by atoms with Crippen LogP contribution in [0.4, 0.5) is 5.69 Å². The SMILES string of the molecule is COc1cc(NC(=O)c2ccc(C)cc2)ccc1-c1ccc(CO)o1. The van der Waals surface area contributed by atoms with Gasteiger partial charge >= 0.3 is 0 Å². The molecule has 3 rings (SSSR count). The number of nitrogens with one attached hydrogen (secondary N) is 1. The predicted molar refractivity (Wildman–Crippen MR) is 95.8 cm³/mol. The molecule has 0 fully saturated rings. The van der Waals surface area contributed by atoms with Crippen LogP contribution in [-0.4, -0.2) is 18.1 Å². The van der Waals surface area contributed by atoms with Gasteiger partial charge in [-0.1, -0.05) is 17.7 Å². The van der Waals surface area contributed by atoms with E-state index in [0.717, 1.165) is 11.1 Å². The lowest BCUT2D eigenvalue weighted by Crippen LogP contribution is -2.11. The second-order valence-electron chi connectivity index (χ2n) is 5.66. The highest BCUT2D eigenvalue weighted by Crippen LogP contribution is 2.33. The van der Waals surface area contributed by atoms with Gasteiger partial charge in [0.2, 0.25) is 0 Å². The number of aryl methyl sites for hydroxylation is 1. The van der Waals surface area contributed by atoms with E-state index in [0.29, 0.717) is 28.5 Å². The Bertz CT molecular complexity index is 881. The summed E-state index contributed by atoms with van der Waals surface area (Å²) in [5, 5.41) is 12.0. The third-order valence-electron chi connectivity index (χ3n) is 3.86. The van der Waals surface area contributed by atoms with Crippen LogP contribution >= 0.6 is 0 Å². The second-order valence-corrected chi connectivity index (χ2v) is 5.66. The lowest BCUT2D eigenvalue weighted by atomic mass is 10.1. The monoisotopic (exact) mass is 337 g/mol. The molecule has 0 spiro atoms. The molecule has 0 atom stereocenters. The Morgan fingerprint density at radius 1 is 1.12 bits per heavy atom. The summed E-state index contributed by atoms with van der Waals surface area (Å²) in [6, 6.07) is 16.2. The molecule has 5 heteroatoms. The fraction of sp³-hybridized carbons (Fsp3) is 0.150. The maximum Gasteiger partial charge on any atom is 0.255 e. The molecule has 2 aromatic carbocycles. The second kappa shape index (κ2) is 7.23. The van der Waals surface area contributed by atoms with E-state index in [9.17, 15) is 4.79 Å². The molecule has 0 unspecified atom stereocenters. The molecule has 1 heterocycles. The maximum absolute atomic E-state index is 12.3. The molecule has 0 bridgehead atoms. The van der Waals surface area contributed by atoms with Crippen LogP contribution in [0, 0.1) is 6.92 Å². The van der Waals surface area contributed by atoms with E-state index in [2.05, 4.69) is 5.32 Å². The fourth-order valence-electron chi connectivity index (χ4n) is 2.49. The Morgan fingerprint density at radius 3 is 2.52 bits per heavy atom. The Balaban J connectivity index is 1.83. The topological polar surface area (TPSA) is 71.7 Å². The van der Waals surface area contributed by atoms with E-state index in [1.807, 2.05) is 25.1 Å². The predicted octanol–water partition coefficient (Wildman–Crippen LogP) is 4.01. The summed E-state index contributed by atoms with van der Waals surface area (Å²) in [6.45, 7) is 1.81. The molecular weight excluding hydrogens is 318 g/mol. The van der Waals surface area contributed by atoms with Crippen LogP contribution in [-0.2, 0) is 6.61 Å². The first-order valence-electron chi connectivity index (χ1n) is 7.86. The van der Waals surface area contributed by atoms with Gasteiger partial charge in [0, 0.05) is 17.3 Å². The molecule has 25 heavy (non-hydrogen) atoms. The zero-order chi connectivity index (χ0) is 17.8. The third-order valence-corrected chi connectivity index (χ3v) is 3.86. The third kappa shape index (κ3) is 3.72. The van der Waals surface area contributed by atoms with Gasteiger partial charge in [-0.05, 0) is 43.3 Å². The number of rotatable bonds is 5. The van der Waals surface area contributed by atoms with E-state index in [1.54, 1.807) is 43.5 Å². The van der Waals surface area contributed by atoms with Crippen molar-refractivity contribution < 1.29 is 19.1 Å².